The van der Waals surface area contributed by atoms with Gasteiger partial charge >= 0.3 is 0 Å². The van der Waals surface area contributed by atoms with Crippen molar-refractivity contribution in [2.45, 2.75) is 50.2 Å². The fourth-order valence-corrected chi connectivity index (χ4v) is 6.04. The molecule has 0 saturated heterocycles. The molecule has 4 aromatic carbocycles. The van der Waals surface area contributed by atoms with Gasteiger partial charge in [0.25, 0.3) is 0 Å². The highest BCUT2D eigenvalue weighted by atomic mass is 35.5. The SMILES string of the molecule is CN(CC(=O)N(Cc1ccccc1Cl)[C@H](Cc1ccccc1)C(=O)NC(C)(C)C)S(=O)(=O)c1ccc2ccccc2c1. The molecule has 9 heteroatoms. The van der Waals surface area contributed by atoms with Crippen LogP contribution >= 0.6 is 11.6 Å². The van der Waals surface area contributed by atoms with E-state index >= 15 is 0 Å². The number of halogens is 1. The minimum Gasteiger partial charge on any atom is -0.350 e. The van der Waals surface area contributed by atoms with Gasteiger partial charge in [-0.3, -0.25) is 9.59 Å². The zero-order chi connectivity index (χ0) is 30.5. The van der Waals surface area contributed by atoms with Crippen LogP contribution in [0.15, 0.2) is 102 Å². The minimum absolute atomic E-state index is 0.0252. The molecular formula is C33H36ClN3O4S. The third-order valence-electron chi connectivity index (χ3n) is 6.85. The van der Waals surface area contributed by atoms with Crippen LogP contribution in [0.2, 0.25) is 5.02 Å². The lowest BCUT2D eigenvalue weighted by molar-refractivity contribution is -0.141. The van der Waals surface area contributed by atoms with E-state index in [2.05, 4.69) is 5.32 Å². The fourth-order valence-electron chi connectivity index (χ4n) is 4.69. The summed E-state index contributed by atoms with van der Waals surface area (Å²) >= 11 is 6.49. The maximum atomic E-state index is 14.1. The quantitative estimate of drug-likeness (QED) is 0.252. The van der Waals surface area contributed by atoms with Gasteiger partial charge in [0.05, 0.1) is 11.4 Å². The van der Waals surface area contributed by atoms with Crippen LogP contribution in [-0.2, 0) is 32.6 Å². The number of likely N-dealkylation sites (N-methyl/N-ethyl adjacent to an activating group) is 1. The number of carbonyl (C=O) groups is 2. The normalized spacial score (nSPS) is 12.7. The van der Waals surface area contributed by atoms with Gasteiger partial charge in [0, 0.05) is 30.6 Å². The molecule has 1 N–H and O–H groups in total. The molecule has 7 nitrogen and oxygen atoms in total. The summed E-state index contributed by atoms with van der Waals surface area (Å²) in [5.74, 6) is -0.862. The smallest absolute Gasteiger partial charge is 0.243 e. The molecule has 0 spiro atoms. The van der Waals surface area contributed by atoms with E-state index in [0.29, 0.717) is 10.6 Å². The van der Waals surface area contributed by atoms with Crippen molar-refractivity contribution in [2.24, 2.45) is 0 Å². The van der Waals surface area contributed by atoms with E-state index in [1.54, 1.807) is 30.3 Å². The van der Waals surface area contributed by atoms with Crippen molar-refractivity contribution in [3.8, 4) is 0 Å². The Balaban J connectivity index is 1.69. The topological polar surface area (TPSA) is 86.8 Å². The van der Waals surface area contributed by atoms with Gasteiger partial charge in [-0.2, -0.15) is 4.31 Å². The van der Waals surface area contributed by atoms with Crippen molar-refractivity contribution in [3.05, 3.63) is 113 Å². The van der Waals surface area contributed by atoms with Crippen LogP contribution in [0.25, 0.3) is 10.8 Å². The van der Waals surface area contributed by atoms with Crippen LogP contribution < -0.4 is 5.32 Å². The molecule has 2 amide bonds. The first-order valence-electron chi connectivity index (χ1n) is 13.7. The Kier molecular flexibility index (Phi) is 9.71. The van der Waals surface area contributed by atoms with Crippen LogP contribution in [0, 0.1) is 0 Å². The van der Waals surface area contributed by atoms with Crippen molar-refractivity contribution < 1.29 is 18.0 Å². The van der Waals surface area contributed by atoms with E-state index in [1.165, 1.54) is 18.0 Å². The lowest BCUT2D eigenvalue weighted by atomic mass is 10.0. The van der Waals surface area contributed by atoms with Crippen LogP contribution in [0.4, 0.5) is 0 Å². The highest BCUT2D eigenvalue weighted by Crippen LogP contribution is 2.24. The third-order valence-corrected chi connectivity index (χ3v) is 9.02. The van der Waals surface area contributed by atoms with Crippen molar-refractivity contribution in [1.82, 2.24) is 14.5 Å². The summed E-state index contributed by atoms with van der Waals surface area (Å²) in [5.41, 5.74) is 0.955. The highest BCUT2D eigenvalue weighted by molar-refractivity contribution is 7.89. The van der Waals surface area contributed by atoms with Crippen LogP contribution in [0.5, 0.6) is 0 Å². The lowest BCUT2D eigenvalue weighted by Crippen LogP contribution is -2.56. The van der Waals surface area contributed by atoms with Gasteiger partial charge in [0.2, 0.25) is 21.8 Å². The second kappa shape index (κ2) is 13.1. The van der Waals surface area contributed by atoms with Gasteiger partial charge in [-0.1, -0.05) is 90.5 Å². The number of fused-ring (bicyclic) bond motifs is 1. The lowest BCUT2D eigenvalue weighted by Gasteiger charge is -2.34. The van der Waals surface area contributed by atoms with Crippen LogP contribution in [0.3, 0.4) is 0 Å². The van der Waals surface area contributed by atoms with Crippen molar-refractivity contribution in [2.75, 3.05) is 13.6 Å². The van der Waals surface area contributed by atoms with Crippen LogP contribution in [-0.4, -0.2) is 54.6 Å². The molecule has 0 unspecified atom stereocenters. The summed E-state index contributed by atoms with van der Waals surface area (Å²) in [4.78, 5) is 29.3. The largest absolute Gasteiger partial charge is 0.350 e. The van der Waals surface area contributed by atoms with Gasteiger partial charge in [-0.25, -0.2) is 8.42 Å². The predicted octanol–water partition coefficient (Wildman–Crippen LogP) is 5.67. The summed E-state index contributed by atoms with van der Waals surface area (Å²) in [5, 5.41) is 5.14. The summed E-state index contributed by atoms with van der Waals surface area (Å²) in [7, 11) is -2.64. The number of nitrogens with one attached hydrogen (secondary N) is 1. The summed E-state index contributed by atoms with van der Waals surface area (Å²) in [6.45, 7) is 5.17. The second-order valence-corrected chi connectivity index (χ2v) is 13.8. The molecule has 0 aliphatic carbocycles. The molecule has 0 aromatic heterocycles. The standard InChI is InChI=1S/C33H36ClN3O4S/c1-33(2,3)35-32(39)30(20-24-12-6-5-7-13-24)37(22-27-16-10-11-17-29(27)34)31(38)23-36(4)42(40,41)28-19-18-25-14-8-9-15-26(25)21-28/h5-19,21,30H,20,22-23H2,1-4H3,(H,35,39)/t30-/m1/s1. The molecule has 0 fully saturated rings. The van der Waals surface area contributed by atoms with E-state index in [-0.39, 0.29) is 23.8 Å². The predicted molar refractivity (Wildman–Crippen MR) is 168 cm³/mol. The molecule has 4 rings (SSSR count). The van der Waals surface area contributed by atoms with E-state index in [9.17, 15) is 18.0 Å². The summed E-state index contributed by atoms with van der Waals surface area (Å²) < 4.78 is 28.2. The second-order valence-electron chi connectivity index (χ2n) is 11.3. The molecule has 4 aromatic rings. The highest BCUT2D eigenvalue weighted by Gasteiger charge is 2.34. The van der Waals surface area contributed by atoms with Crippen LogP contribution in [0.1, 0.15) is 31.9 Å². The number of amides is 2. The number of sulfonamides is 1. The molecule has 0 aliphatic rings. The maximum absolute atomic E-state index is 14.1. The van der Waals surface area contributed by atoms with Gasteiger partial charge < -0.3 is 10.2 Å². The van der Waals surface area contributed by atoms with Gasteiger partial charge in [-0.15, -0.1) is 0 Å². The molecule has 0 radical (unpaired) electrons. The monoisotopic (exact) mass is 605 g/mol. The number of benzene rings is 4. The average Bonchev–Trinajstić information content (AvgIpc) is 2.95. The average molecular weight is 606 g/mol. The van der Waals surface area contributed by atoms with Gasteiger partial charge in [-0.05, 0) is 60.9 Å². The number of carbonyl (C=O) groups excluding carboxylic acids is 2. The minimum atomic E-state index is -4.01. The van der Waals surface area contributed by atoms with E-state index in [4.69, 9.17) is 11.6 Å². The Labute approximate surface area is 253 Å². The summed E-state index contributed by atoms with van der Waals surface area (Å²) in [6, 6.07) is 28.0. The van der Waals surface area contributed by atoms with E-state index < -0.39 is 34.1 Å². The molecule has 0 bridgehead atoms. The maximum Gasteiger partial charge on any atom is 0.243 e. The molecule has 1 atom stereocenters. The van der Waals surface area contributed by atoms with Gasteiger partial charge in [0.1, 0.15) is 6.04 Å². The van der Waals surface area contributed by atoms with Crippen molar-refractivity contribution in [1.29, 1.82) is 0 Å². The fraction of sp³-hybridized carbons (Fsp3) is 0.273. The molecule has 42 heavy (non-hydrogen) atoms. The zero-order valence-electron chi connectivity index (χ0n) is 24.2. The van der Waals surface area contributed by atoms with Gasteiger partial charge in [0.15, 0.2) is 0 Å². The number of hydrogen-bond donors (Lipinski definition) is 1. The molecule has 220 valence electrons. The number of rotatable bonds is 10. The van der Waals surface area contributed by atoms with E-state index in [0.717, 1.165) is 20.6 Å². The Morgan fingerprint density at radius 3 is 2.14 bits per heavy atom. The first-order chi connectivity index (χ1) is 19.8. The van der Waals surface area contributed by atoms with Crippen molar-refractivity contribution >= 4 is 44.2 Å². The van der Waals surface area contributed by atoms with Crippen molar-refractivity contribution in [3.63, 3.8) is 0 Å². The Hall–Kier alpha value is -3.72. The zero-order valence-corrected chi connectivity index (χ0v) is 25.8. The number of nitrogens with zero attached hydrogens (tertiary/aromatic N) is 2. The Morgan fingerprint density at radius 2 is 1.48 bits per heavy atom. The summed E-state index contributed by atoms with van der Waals surface area (Å²) in [6.07, 6.45) is 0.236. The molecule has 0 saturated carbocycles. The Bertz CT molecular complexity index is 1670. The third kappa shape index (κ3) is 7.76. The first-order valence-corrected chi connectivity index (χ1v) is 15.5. The molecule has 0 heterocycles. The first kappa shape index (κ1) is 31.2. The Morgan fingerprint density at radius 1 is 0.857 bits per heavy atom. The van der Waals surface area contributed by atoms with E-state index in [1.807, 2.05) is 81.4 Å². The number of hydrogen-bond acceptors (Lipinski definition) is 4. The molecule has 0 aliphatic heterocycles. The molecular weight excluding hydrogens is 570 g/mol.